The van der Waals surface area contributed by atoms with Gasteiger partial charge in [-0.25, -0.2) is 0 Å². The van der Waals surface area contributed by atoms with Gasteiger partial charge in [0.15, 0.2) is 0 Å². The lowest BCUT2D eigenvalue weighted by molar-refractivity contribution is 0.208. The highest BCUT2D eigenvalue weighted by Gasteiger charge is 1.97. The summed E-state index contributed by atoms with van der Waals surface area (Å²) in [6, 6.07) is 0. The summed E-state index contributed by atoms with van der Waals surface area (Å²) in [5, 5.41) is 18.1. The molecular formula is C17H24O2. The molecule has 0 aliphatic heterocycles. The first kappa shape index (κ1) is 17.5. The van der Waals surface area contributed by atoms with Crippen molar-refractivity contribution >= 4 is 0 Å². The highest BCUT2D eigenvalue weighted by molar-refractivity contribution is 5.34. The Morgan fingerprint density at radius 3 is 2.37 bits per heavy atom. The van der Waals surface area contributed by atoms with Crippen LogP contribution in [0.3, 0.4) is 0 Å². The van der Waals surface area contributed by atoms with Gasteiger partial charge in [-0.05, 0) is 36.5 Å². The lowest BCUT2D eigenvalue weighted by Gasteiger charge is -2.03. The van der Waals surface area contributed by atoms with Gasteiger partial charge in [0.2, 0.25) is 0 Å². The monoisotopic (exact) mass is 260 g/mol. The number of aliphatic hydroxyl groups excluding tert-OH is 2. The van der Waals surface area contributed by atoms with E-state index in [2.05, 4.69) is 30.6 Å². The van der Waals surface area contributed by atoms with Gasteiger partial charge in [0.1, 0.15) is 0 Å². The van der Waals surface area contributed by atoms with E-state index >= 15 is 0 Å². The van der Waals surface area contributed by atoms with Gasteiger partial charge in [-0.1, -0.05) is 56.9 Å². The number of rotatable bonds is 8. The van der Waals surface area contributed by atoms with E-state index in [0.717, 1.165) is 12.8 Å². The van der Waals surface area contributed by atoms with Crippen molar-refractivity contribution in [2.24, 2.45) is 0 Å². The second-order valence-corrected chi connectivity index (χ2v) is 4.25. The van der Waals surface area contributed by atoms with E-state index in [9.17, 15) is 5.11 Å². The second kappa shape index (κ2) is 14.6. The minimum atomic E-state index is -0.404. The molecule has 19 heavy (non-hydrogen) atoms. The summed E-state index contributed by atoms with van der Waals surface area (Å²) in [6.07, 6.45) is 12.9. The van der Waals surface area contributed by atoms with Crippen molar-refractivity contribution in [2.75, 3.05) is 6.61 Å². The third-order valence-corrected chi connectivity index (χ3v) is 2.52. The van der Waals surface area contributed by atoms with Crippen molar-refractivity contribution in [3.63, 3.8) is 0 Å². The van der Waals surface area contributed by atoms with Gasteiger partial charge in [-0.2, -0.15) is 0 Å². The van der Waals surface area contributed by atoms with E-state index in [0.29, 0.717) is 0 Å². The Hall–Kier alpha value is -1.48. The molecule has 2 N–H and O–H groups in total. The van der Waals surface area contributed by atoms with E-state index in [1.54, 1.807) is 24.3 Å². The molecule has 0 fully saturated rings. The van der Waals surface area contributed by atoms with Crippen LogP contribution >= 0.6 is 0 Å². The molecule has 0 amide bonds. The van der Waals surface area contributed by atoms with Gasteiger partial charge in [-0.3, -0.25) is 0 Å². The molecule has 0 unspecified atom stereocenters. The molecule has 0 aromatic rings. The summed E-state index contributed by atoms with van der Waals surface area (Å²) in [6.45, 7) is 2.19. The Bertz CT molecular complexity index is 372. The molecule has 0 saturated heterocycles. The first-order valence-electron chi connectivity index (χ1n) is 6.93. The summed E-state index contributed by atoms with van der Waals surface area (Å²) >= 11 is 0. The normalized spacial score (nSPS) is 11.9. The molecule has 0 heterocycles. The molecule has 0 bridgehead atoms. The second-order valence-electron chi connectivity index (χ2n) is 4.25. The summed E-state index contributed by atoms with van der Waals surface area (Å²) in [4.78, 5) is 0. The lowest BCUT2D eigenvalue weighted by atomic mass is 10.1. The third kappa shape index (κ3) is 14.5. The van der Waals surface area contributed by atoms with E-state index in [-0.39, 0.29) is 6.61 Å². The maximum atomic E-state index is 9.65. The molecule has 0 rings (SSSR count). The minimum absolute atomic E-state index is 0.00748. The Morgan fingerprint density at radius 2 is 1.68 bits per heavy atom. The number of aliphatic hydroxyl groups is 2. The van der Waals surface area contributed by atoms with Crippen molar-refractivity contribution in [3.8, 4) is 23.7 Å². The Kier molecular flexibility index (Phi) is 13.4. The van der Waals surface area contributed by atoms with Crippen molar-refractivity contribution in [1.29, 1.82) is 0 Å². The quantitative estimate of drug-likeness (QED) is 0.520. The largest absolute Gasteiger partial charge is 0.392 e. The molecule has 0 saturated carbocycles. The minimum Gasteiger partial charge on any atom is -0.392 e. The fourth-order valence-corrected chi connectivity index (χ4v) is 1.48. The molecule has 1 atom stereocenters. The maximum Gasteiger partial charge on any atom is 0.0730 e. The summed E-state index contributed by atoms with van der Waals surface area (Å²) in [5.74, 6) is 10.7. The predicted molar refractivity (Wildman–Crippen MR) is 80.3 cm³/mol. The van der Waals surface area contributed by atoms with Crippen molar-refractivity contribution in [2.45, 2.75) is 51.6 Å². The number of allylic oxidation sites excluding steroid dienone is 2. The van der Waals surface area contributed by atoms with Crippen molar-refractivity contribution < 1.29 is 10.2 Å². The highest BCUT2D eigenvalue weighted by Crippen LogP contribution is 2.07. The predicted octanol–water partition coefficient (Wildman–Crippen LogP) is 2.82. The van der Waals surface area contributed by atoms with Crippen molar-refractivity contribution in [1.82, 2.24) is 0 Å². The van der Waals surface area contributed by atoms with Crippen LogP contribution in [-0.2, 0) is 0 Å². The van der Waals surface area contributed by atoms with Crippen LogP contribution in [0.15, 0.2) is 24.3 Å². The fourth-order valence-electron chi connectivity index (χ4n) is 1.48. The molecule has 0 radical (unpaired) electrons. The molecule has 0 spiro atoms. The zero-order chi connectivity index (χ0) is 14.2. The Balaban J connectivity index is 3.71. The Labute approximate surface area is 117 Å². The molecule has 0 aromatic heterocycles. The average molecular weight is 260 g/mol. The van der Waals surface area contributed by atoms with Crippen molar-refractivity contribution in [3.05, 3.63) is 24.3 Å². The summed E-state index contributed by atoms with van der Waals surface area (Å²) in [7, 11) is 0. The van der Waals surface area contributed by atoms with E-state index in [1.165, 1.54) is 25.7 Å². The first-order chi connectivity index (χ1) is 9.31. The molecule has 0 aliphatic rings. The third-order valence-electron chi connectivity index (χ3n) is 2.52. The summed E-state index contributed by atoms with van der Waals surface area (Å²) in [5.41, 5.74) is 0. The SMILES string of the molecule is CCCCCCC[C@@H](O)/C=C/C#CC#C/C=C/CO. The van der Waals surface area contributed by atoms with Crippen LogP contribution in [0.4, 0.5) is 0 Å². The van der Waals surface area contributed by atoms with Gasteiger partial charge in [0.25, 0.3) is 0 Å². The van der Waals surface area contributed by atoms with E-state index < -0.39 is 6.10 Å². The van der Waals surface area contributed by atoms with Crippen LogP contribution in [0.25, 0.3) is 0 Å². The van der Waals surface area contributed by atoms with Gasteiger partial charge >= 0.3 is 0 Å². The standard InChI is InChI=1S/C17H24O2/c1-2-3-4-8-11-14-17(19)15-12-9-6-5-7-10-13-16-18/h10,12-13,15,17-19H,2-4,8,11,14,16H2,1H3/b13-10+,15-12+/t17-/m1/s1. The molecule has 104 valence electrons. The first-order valence-corrected chi connectivity index (χ1v) is 6.93. The van der Waals surface area contributed by atoms with Crippen LogP contribution in [-0.4, -0.2) is 22.9 Å². The van der Waals surface area contributed by atoms with Gasteiger partial charge in [-0.15, -0.1) is 0 Å². The van der Waals surface area contributed by atoms with Crippen LogP contribution in [0.5, 0.6) is 0 Å². The van der Waals surface area contributed by atoms with Gasteiger partial charge in [0, 0.05) is 0 Å². The number of hydrogen-bond acceptors (Lipinski definition) is 2. The maximum absolute atomic E-state index is 9.65. The van der Waals surface area contributed by atoms with Gasteiger partial charge < -0.3 is 10.2 Å². The molecule has 0 aliphatic carbocycles. The van der Waals surface area contributed by atoms with Crippen LogP contribution in [0, 0.1) is 23.7 Å². The van der Waals surface area contributed by atoms with Crippen LogP contribution in [0.2, 0.25) is 0 Å². The average Bonchev–Trinajstić information content (AvgIpc) is 2.41. The molecule has 2 heteroatoms. The Morgan fingerprint density at radius 1 is 1.00 bits per heavy atom. The molecule has 0 aromatic carbocycles. The topological polar surface area (TPSA) is 40.5 Å². The highest BCUT2D eigenvalue weighted by atomic mass is 16.3. The number of hydrogen-bond donors (Lipinski definition) is 2. The van der Waals surface area contributed by atoms with Gasteiger partial charge in [0.05, 0.1) is 12.7 Å². The molecular weight excluding hydrogens is 236 g/mol. The zero-order valence-electron chi connectivity index (χ0n) is 11.7. The van der Waals surface area contributed by atoms with E-state index in [4.69, 9.17) is 5.11 Å². The van der Waals surface area contributed by atoms with E-state index in [1.807, 2.05) is 0 Å². The number of unbranched alkanes of at least 4 members (excludes halogenated alkanes) is 4. The fraction of sp³-hybridized carbons (Fsp3) is 0.529. The smallest absolute Gasteiger partial charge is 0.0730 e. The van der Waals surface area contributed by atoms with Crippen LogP contribution < -0.4 is 0 Å². The zero-order valence-corrected chi connectivity index (χ0v) is 11.7. The summed E-state index contributed by atoms with van der Waals surface area (Å²) < 4.78 is 0. The lowest BCUT2D eigenvalue weighted by Crippen LogP contribution is -2.01. The van der Waals surface area contributed by atoms with Crippen LogP contribution in [0.1, 0.15) is 45.4 Å². The molecule has 2 nitrogen and oxygen atoms in total.